The monoisotopic (exact) mass is 395 g/mol. The highest BCUT2D eigenvalue weighted by molar-refractivity contribution is 5.89. The number of pyridine rings is 1. The molecule has 0 amide bonds. The highest BCUT2D eigenvalue weighted by Crippen LogP contribution is 2.42. The third-order valence-corrected chi connectivity index (χ3v) is 6.39. The molecular formula is C22H26FN5O. The molecule has 1 fully saturated rings. The van der Waals surface area contributed by atoms with Crippen LogP contribution in [0.4, 0.5) is 10.3 Å². The number of rotatable bonds is 4. The number of benzene rings is 1. The standard InChI is InChI=1S/C22H26FN5O/c1-4-22(2)7-5-17(23)19(11-22)28(3)21-25-13-18(26-27-21)16-9-14-6-8-24-12-15(14)10-20(16)29/h6,8-10,12-13,17,19,29H,4-5,7,11H2,1-3H3/t17-,19+,22+/m1/s1. The summed E-state index contributed by atoms with van der Waals surface area (Å²) in [5.74, 6) is 0.490. The number of nitrogens with zero attached hydrogens (tertiary/aromatic N) is 5. The Labute approximate surface area is 169 Å². The van der Waals surface area contributed by atoms with Gasteiger partial charge in [0, 0.05) is 30.4 Å². The number of aromatic nitrogens is 4. The summed E-state index contributed by atoms with van der Waals surface area (Å²) in [5, 5.41) is 20.7. The Bertz CT molecular complexity index is 1010. The Hall–Kier alpha value is -2.83. The molecule has 1 aliphatic rings. The Morgan fingerprint density at radius 1 is 1.24 bits per heavy atom. The van der Waals surface area contributed by atoms with Crippen LogP contribution in [-0.2, 0) is 0 Å². The second-order valence-corrected chi connectivity index (χ2v) is 8.34. The Kier molecular flexibility index (Phi) is 5.06. The zero-order valence-electron chi connectivity index (χ0n) is 17.0. The first-order valence-corrected chi connectivity index (χ1v) is 10.0. The fraction of sp³-hybridized carbons (Fsp3) is 0.455. The van der Waals surface area contributed by atoms with Crippen LogP contribution >= 0.6 is 0 Å². The van der Waals surface area contributed by atoms with Crippen LogP contribution in [0.15, 0.2) is 36.8 Å². The van der Waals surface area contributed by atoms with Gasteiger partial charge in [-0.3, -0.25) is 4.98 Å². The van der Waals surface area contributed by atoms with E-state index in [1.54, 1.807) is 29.6 Å². The summed E-state index contributed by atoms with van der Waals surface area (Å²) in [6.45, 7) is 4.38. The van der Waals surface area contributed by atoms with Crippen molar-refractivity contribution in [3.63, 3.8) is 0 Å². The highest BCUT2D eigenvalue weighted by Gasteiger charge is 2.39. The predicted molar refractivity (Wildman–Crippen MR) is 112 cm³/mol. The van der Waals surface area contributed by atoms with Gasteiger partial charge in [-0.25, -0.2) is 9.37 Å². The summed E-state index contributed by atoms with van der Waals surface area (Å²) in [7, 11) is 1.83. The molecule has 1 aromatic carbocycles. The zero-order valence-corrected chi connectivity index (χ0v) is 17.0. The second kappa shape index (κ2) is 7.54. The summed E-state index contributed by atoms with van der Waals surface area (Å²) in [6, 6.07) is 5.10. The molecule has 1 N–H and O–H groups in total. The lowest BCUT2D eigenvalue weighted by molar-refractivity contribution is 0.107. The Balaban J connectivity index is 1.60. The van der Waals surface area contributed by atoms with Gasteiger partial charge in [0.2, 0.25) is 5.95 Å². The molecule has 3 atom stereocenters. The summed E-state index contributed by atoms with van der Waals surface area (Å²) in [4.78, 5) is 10.3. The fourth-order valence-corrected chi connectivity index (χ4v) is 4.15. The number of aromatic hydroxyl groups is 1. The lowest BCUT2D eigenvalue weighted by atomic mass is 9.71. The molecule has 1 aliphatic carbocycles. The molecule has 1 saturated carbocycles. The maximum Gasteiger partial charge on any atom is 0.245 e. The quantitative estimate of drug-likeness (QED) is 0.699. The van der Waals surface area contributed by atoms with E-state index >= 15 is 0 Å². The highest BCUT2D eigenvalue weighted by atomic mass is 19.1. The SMILES string of the molecule is CC[C@@]1(C)CC[C@@H](F)[C@@H](N(C)c2ncc(-c3cc4ccncc4cc3O)nn2)C1. The minimum absolute atomic E-state index is 0.0949. The molecule has 2 heterocycles. The van der Waals surface area contributed by atoms with Crippen molar-refractivity contribution in [2.45, 2.75) is 51.7 Å². The molecule has 2 aromatic heterocycles. The van der Waals surface area contributed by atoms with Crippen LogP contribution in [-0.4, -0.2) is 44.5 Å². The number of hydrogen-bond donors (Lipinski definition) is 1. The first-order valence-electron chi connectivity index (χ1n) is 10.0. The molecule has 0 saturated heterocycles. The molecule has 3 aromatic rings. The molecule has 0 spiro atoms. The molecule has 4 rings (SSSR count). The van der Waals surface area contributed by atoms with E-state index in [2.05, 4.69) is 34.0 Å². The van der Waals surface area contributed by atoms with E-state index in [-0.39, 0.29) is 17.2 Å². The summed E-state index contributed by atoms with van der Waals surface area (Å²) in [6.07, 6.45) is 7.34. The van der Waals surface area contributed by atoms with Crippen LogP contribution in [0.5, 0.6) is 5.75 Å². The van der Waals surface area contributed by atoms with Crippen molar-refractivity contribution in [2.75, 3.05) is 11.9 Å². The van der Waals surface area contributed by atoms with Gasteiger partial charge < -0.3 is 10.0 Å². The summed E-state index contributed by atoms with van der Waals surface area (Å²) >= 11 is 0. The van der Waals surface area contributed by atoms with Crippen molar-refractivity contribution in [3.05, 3.63) is 36.8 Å². The molecule has 6 nitrogen and oxygen atoms in total. The number of fused-ring (bicyclic) bond motifs is 1. The van der Waals surface area contributed by atoms with Crippen LogP contribution in [0.2, 0.25) is 0 Å². The molecule has 29 heavy (non-hydrogen) atoms. The van der Waals surface area contributed by atoms with Gasteiger partial charge in [0.25, 0.3) is 0 Å². The minimum Gasteiger partial charge on any atom is -0.507 e. The van der Waals surface area contributed by atoms with E-state index in [0.29, 0.717) is 23.6 Å². The Morgan fingerprint density at radius 2 is 2.07 bits per heavy atom. The van der Waals surface area contributed by atoms with Gasteiger partial charge in [-0.2, -0.15) is 0 Å². The summed E-state index contributed by atoms with van der Waals surface area (Å²) < 4.78 is 14.7. The smallest absolute Gasteiger partial charge is 0.245 e. The van der Waals surface area contributed by atoms with Crippen LogP contribution in [0.3, 0.4) is 0 Å². The lowest BCUT2D eigenvalue weighted by Gasteiger charge is -2.43. The predicted octanol–water partition coefficient (Wildman–Crippen LogP) is 4.54. The van der Waals surface area contributed by atoms with Crippen molar-refractivity contribution in [3.8, 4) is 17.0 Å². The van der Waals surface area contributed by atoms with E-state index in [9.17, 15) is 9.50 Å². The number of phenolic OH excluding ortho intramolecular Hbond substituents is 1. The minimum atomic E-state index is -0.902. The zero-order chi connectivity index (χ0) is 20.6. The fourth-order valence-electron chi connectivity index (χ4n) is 4.15. The molecular weight excluding hydrogens is 369 g/mol. The van der Waals surface area contributed by atoms with Crippen LogP contribution < -0.4 is 4.90 Å². The number of halogens is 1. The molecule has 0 aliphatic heterocycles. The van der Waals surface area contributed by atoms with Gasteiger partial charge in [-0.15, -0.1) is 10.2 Å². The second-order valence-electron chi connectivity index (χ2n) is 8.34. The third-order valence-electron chi connectivity index (χ3n) is 6.39. The number of phenols is 1. The normalized spacial score (nSPS) is 24.6. The van der Waals surface area contributed by atoms with Gasteiger partial charge in [-0.1, -0.05) is 20.3 Å². The lowest BCUT2D eigenvalue weighted by Crippen LogP contribution is -2.47. The first-order chi connectivity index (χ1) is 13.9. The van der Waals surface area contributed by atoms with Crippen LogP contribution in [0.1, 0.15) is 39.5 Å². The molecule has 0 radical (unpaired) electrons. The van der Waals surface area contributed by atoms with E-state index in [4.69, 9.17) is 0 Å². The van der Waals surface area contributed by atoms with Crippen molar-refractivity contribution >= 4 is 16.7 Å². The molecule has 152 valence electrons. The van der Waals surface area contributed by atoms with Gasteiger partial charge in [0.05, 0.1) is 12.2 Å². The molecule has 0 bridgehead atoms. The van der Waals surface area contributed by atoms with Crippen LogP contribution in [0.25, 0.3) is 22.0 Å². The average Bonchev–Trinajstić information content (AvgIpc) is 2.75. The van der Waals surface area contributed by atoms with E-state index in [1.807, 2.05) is 19.2 Å². The topological polar surface area (TPSA) is 75.0 Å². The first kappa shape index (κ1) is 19.5. The van der Waals surface area contributed by atoms with Gasteiger partial charge >= 0.3 is 0 Å². The van der Waals surface area contributed by atoms with Crippen molar-refractivity contribution in [1.82, 2.24) is 20.2 Å². The average molecular weight is 395 g/mol. The maximum atomic E-state index is 14.7. The van der Waals surface area contributed by atoms with E-state index < -0.39 is 6.17 Å². The Morgan fingerprint density at radius 3 is 2.79 bits per heavy atom. The number of anilines is 1. The third kappa shape index (κ3) is 3.73. The van der Waals surface area contributed by atoms with Gasteiger partial charge in [0.1, 0.15) is 17.6 Å². The summed E-state index contributed by atoms with van der Waals surface area (Å²) in [5.41, 5.74) is 1.16. The number of alkyl halides is 1. The van der Waals surface area contributed by atoms with E-state index in [0.717, 1.165) is 30.0 Å². The van der Waals surface area contributed by atoms with Crippen molar-refractivity contribution in [1.29, 1.82) is 0 Å². The van der Waals surface area contributed by atoms with Crippen molar-refractivity contribution < 1.29 is 9.50 Å². The van der Waals surface area contributed by atoms with E-state index in [1.165, 1.54) is 0 Å². The maximum absolute atomic E-state index is 14.7. The van der Waals surface area contributed by atoms with Gasteiger partial charge in [-0.05, 0) is 48.3 Å². The van der Waals surface area contributed by atoms with Gasteiger partial charge in [0.15, 0.2) is 0 Å². The number of hydrogen-bond acceptors (Lipinski definition) is 6. The largest absolute Gasteiger partial charge is 0.507 e. The van der Waals surface area contributed by atoms with Crippen molar-refractivity contribution in [2.24, 2.45) is 5.41 Å². The molecule has 0 unspecified atom stereocenters. The van der Waals surface area contributed by atoms with Crippen LogP contribution in [0, 0.1) is 5.41 Å². The molecule has 7 heteroatoms.